The summed E-state index contributed by atoms with van der Waals surface area (Å²) in [4.78, 5) is 42.0. The van der Waals surface area contributed by atoms with Gasteiger partial charge in [0.25, 0.3) is 0 Å². The van der Waals surface area contributed by atoms with Gasteiger partial charge in [-0.15, -0.1) is 0 Å². The number of amides is 1. The number of aromatic nitrogens is 2. The minimum absolute atomic E-state index is 0.00856. The van der Waals surface area contributed by atoms with Crippen LogP contribution in [-0.2, 0) is 22.7 Å². The van der Waals surface area contributed by atoms with Crippen LogP contribution in [-0.4, -0.2) is 49.3 Å². The van der Waals surface area contributed by atoms with Crippen molar-refractivity contribution in [3.05, 3.63) is 64.8 Å². The van der Waals surface area contributed by atoms with Crippen LogP contribution in [0.5, 0.6) is 0 Å². The molecule has 1 amide bonds. The van der Waals surface area contributed by atoms with Crippen molar-refractivity contribution in [2.75, 3.05) is 0 Å². The van der Waals surface area contributed by atoms with Crippen LogP contribution in [0.25, 0.3) is 10.9 Å². The summed E-state index contributed by atoms with van der Waals surface area (Å²) in [6.07, 6.45) is 6.76. The molecule has 8 nitrogen and oxygen atoms in total. The van der Waals surface area contributed by atoms with E-state index in [-0.39, 0.29) is 35.8 Å². The number of carbonyl (C=O) groups excluding carboxylic acids is 2. The van der Waals surface area contributed by atoms with Crippen molar-refractivity contribution in [1.29, 1.82) is 0 Å². The van der Waals surface area contributed by atoms with E-state index in [4.69, 9.17) is 17.3 Å². The number of Topliss-reactive ketones (excluding diaryl/α,β-unsaturated/α-hetero) is 1. The second-order valence-corrected chi connectivity index (χ2v) is 9.12. The molecular weight excluding hydrogens is 475 g/mol. The lowest BCUT2D eigenvalue weighted by atomic mass is 10.1. The zero-order valence-corrected chi connectivity index (χ0v) is 19.9. The van der Waals surface area contributed by atoms with E-state index < -0.39 is 17.8 Å². The van der Waals surface area contributed by atoms with E-state index in [1.54, 1.807) is 48.3 Å². The first-order valence-corrected chi connectivity index (χ1v) is 11.8. The van der Waals surface area contributed by atoms with E-state index >= 15 is 0 Å². The van der Waals surface area contributed by atoms with Gasteiger partial charge in [0.2, 0.25) is 5.91 Å². The van der Waals surface area contributed by atoms with Gasteiger partial charge in [0, 0.05) is 47.9 Å². The van der Waals surface area contributed by atoms with Crippen molar-refractivity contribution in [2.24, 2.45) is 11.7 Å². The smallest absolute Gasteiger partial charge is 0.326 e. The predicted molar refractivity (Wildman–Crippen MR) is 128 cm³/mol. The molecule has 0 spiro atoms. The molecule has 5 rings (SSSR count). The molecule has 0 bridgehead atoms. The van der Waals surface area contributed by atoms with Crippen LogP contribution in [0, 0.1) is 11.7 Å². The molecule has 3 aromatic rings. The molecular formula is C25H26ClFN4O4. The van der Waals surface area contributed by atoms with Crippen molar-refractivity contribution >= 4 is 40.2 Å². The van der Waals surface area contributed by atoms with E-state index in [1.807, 2.05) is 0 Å². The highest BCUT2D eigenvalue weighted by molar-refractivity contribution is 6.30. The molecule has 35 heavy (non-hydrogen) atoms. The SMILES string of the molecule is CCC(=O)c1cn(CC(=O)N2[C@@H]3C[C@@H]3C[C@H]2C(=O)O)c2cnccc12.NCc1cccc(Cl)c1F. The van der Waals surface area contributed by atoms with Gasteiger partial charge in [-0.25, -0.2) is 9.18 Å². The van der Waals surface area contributed by atoms with Crippen molar-refractivity contribution in [2.45, 2.75) is 51.4 Å². The number of halogens is 2. The Hall–Kier alpha value is -3.30. The van der Waals surface area contributed by atoms with Gasteiger partial charge in [-0.2, -0.15) is 0 Å². The summed E-state index contributed by atoms with van der Waals surface area (Å²) in [5.74, 6) is -1.23. The summed E-state index contributed by atoms with van der Waals surface area (Å²) in [5, 5.41) is 10.3. The van der Waals surface area contributed by atoms with Crippen LogP contribution in [0.15, 0.2) is 42.9 Å². The van der Waals surface area contributed by atoms with Crippen LogP contribution in [0.4, 0.5) is 4.39 Å². The van der Waals surface area contributed by atoms with Gasteiger partial charge in [0.1, 0.15) is 18.4 Å². The average Bonchev–Trinajstić information content (AvgIpc) is 3.36. The minimum Gasteiger partial charge on any atom is -0.480 e. The summed E-state index contributed by atoms with van der Waals surface area (Å²) in [6.45, 7) is 2.01. The topological polar surface area (TPSA) is 119 Å². The maximum atomic E-state index is 12.8. The Bertz CT molecular complexity index is 1290. The van der Waals surface area contributed by atoms with Crippen molar-refractivity contribution in [3.8, 4) is 0 Å². The van der Waals surface area contributed by atoms with Gasteiger partial charge < -0.3 is 20.3 Å². The monoisotopic (exact) mass is 500 g/mol. The molecule has 3 atom stereocenters. The number of piperidine rings is 1. The van der Waals surface area contributed by atoms with Crippen LogP contribution in [0.2, 0.25) is 5.02 Å². The highest BCUT2D eigenvalue weighted by atomic mass is 35.5. The fraction of sp³-hybridized carbons (Fsp3) is 0.360. The standard InChI is InChI=1S/C18H19N3O4.C7H7ClFN/c1-2-16(22)12-8-20(15-7-19-4-3-11(12)15)9-17(23)21-13-5-10(13)6-14(21)18(24)25;8-6-3-1-2-5(4-10)7(6)9/h3-4,7-8,10,13-14H,2,5-6,9H2,1H3,(H,24,25);1-3H,4,10H2/t10-,13-,14+;/m1./s1. The van der Waals surface area contributed by atoms with Gasteiger partial charge in [0.05, 0.1) is 16.7 Å². The molecule has 3 N–H and O–H groups in total. The number of hydrogen-bond acceptors (Lipinski definition) is 5. The molecule has 0 radical (unpaired) electrons. The molecule has 1 saturated heterocycles. The second-order valence-electron chi connectivity index (χ2n) is 8.71. The molecule has 0 unspecified atom stereocenters. The van der Waals surface area contributed by atoms with Crippen molar-refractivity contribution < 1.29 is 23.9 Å². The lowest BCUT2D eigenvalue weighted by Crippen LogP contribution is -2.44. The first kappa shape index (κ1) is 24.8. The number of aliphatic carboxylic acids is 1. The number of nitrogens with two attached hydrogens (primary N) is 1. The fourth-order valence-corrected chi connectivity index (χ4v) is 4.84. The summed E-state index contributed by atoms with van der Waals surface area (Å²) in [6, 6.07) is 5.88. The Kier molecular flexibility index (Phi) is 7.18. The predicted octanol–water partition coefficient (Wildman–Crippen LogP) is 3.64. The molecule has 1 aliphatic carbocycles. The number of carbonyl (C=O) groups is 3. The molecule has 10 heteroatoms. The van der Waals surface area contributed by atoms with Gasteiger partial charge in [-0.05, 0) is 30.9 Å². The van der Waals surface area contributed by atoms with Gasteiger partial charge in [0.15, 0.2) is 5.78 Å². The lowest BCUT2D eigenvalue weighted by molar-refractivity contribution is -0.149. The fourth-order valence-electron chi connectivity index (χ4n) is 4.65. The third-order valence-electron chi connectivity index (χ3n) is 6.54. The first-order chi connectivity index (χ1) is 16.8. The van der Waals surface area contributed by atoms with Gasteiger partial charge in [-0.1, -0.05) is 30.7 Å². The van der Waals surface area contributed by atoms with Gasteiger partial charge in [-0.3, -0.25) is 14.6 Å². The third kappa shape index (κ3) is 4.92. The van der Waals surface area contributed by atoms with Crippen LogP contribution in [0.3, 0.4) is 0 Å². The number of carboxylic acids is 1. The summed E-state index contributed by atoms with van der Waals surface area (Å²) in [7, 11) is 0. The van der Waals surface area contributed by atoms with Crippen molar-refractivity contribution in [1.82, 2.24) is 14.5 Å². The highest BCUT2D eigenvalue weighted by Gasteiger charge is 2.56. The summed E-state index contributed by atoms with van der Waals surface area (Å²) < 4.78 is 14.5. The number of rotatable bonds is 6. The van der Waals surface area contributed by atoms with Crippen LogP contribution < -0.4 is 5.73 Å². The van der Waals surface area contributed by atoms with E-state index in [0.29, 0.717) is 35.4 Å². The summed E-state index contributed by atoms with van der Waals surface area (Å²) in [5.41, 5.74) is 6.96. The maximum Gasteiger partial charge on any atom is 0.326 e. The first-order valence-electron chi connectivity index (χ1n) is 11.4. The zero-order valence-electron chi connectivity index (χ0n) is 19.2. The zero-order chi connectivity index (χ0) is 25.3. The minimum atomic E-state index is -0.943. The number of hydrogen-bond donors (Lipinski definition) is 2. The Balaban J connectivity index is 0.000000243. The van der Waals surface area contributed by atoms with E-state index in [0.717, 1.165) is 11.8 Å². The molecule has 1 saturated carbocycles. The van der Waals surface area contributed by atoms with Crippen molar-refractivity contribution in [3.63, 3.8) is 0 Å². The molecule has 184 valence electrons. The largest absolute Gasteiger partial charge is 0.480 e. The number of carboxylic acid groups (broad SMARTS) is 1. The normalized spacial score (nSPS) is 20.2. The Morgan fingerprint density at radius 2 is 2.03 bits per heavy atom. The molecule has 2 fully saturated rings. The second kappa shape index (κ2) is 10.1. The van der Waals surface area contributed by atoms with E-state index in [9.17, 15) is 23.9 Å². The third-order valence-corrected chi connectivity index (χ3v) is 6.83. The Morgan fingerprint density at radius 3 is 2.69 bits per heavy atom. The Morgan fingerprint density at radius 1 is 1.26 bits per heavy atom. The number of ketones is 1. The number of nitrogens with zero attached hydrogens (tertiary/aromatic N) is 3. The highest BCUT2D eigenvalue weighted by Crippen LogP contribution is 2.48. The molecule has 2 aromatic heterocycles. The number of pyridine rings is 1. The number of benzene rings is 1. The summed E-state index contributed by atoms with van der Waals surface area (Å²) >= 11 is 5.46. The van der Waals surface area contributed by atoms with Crippen LogP contribution in [0.1, 0.15) is 42.1 Å². The average molecular weight is 501 g/mol. The molecule has 1 aliphatic heterocycles. The molecule has 1 aromatic carbocycles. The Labute approximate surface area is 206 Å². The molecule has 3 heterocycles. The number of fused-ring (bicyclic) bond motifs is 2. The van der Waals surface area contributed by atoms with Crippen LogP contribution >= 0.6 is 11.6 Å². The van der Waals surface area contributed by atoms with E-state index in [2.05, 4.69) is 4.98 Å². The maximum absolute atomic E-state index is 12.8. The quantitative estimate of drug-likeness (QED) is 0.499. The van der Waals surface area contributed by atoms with Gasteiger partial charge >= 0.3 is 5.97 Å². The van der Waals surface area contributed by atoms with E-state index in [1.165, 1.54) is 11.0 Å². The molecule has 2 aliphatic rings. The lowest BCUT2D eigenvalue weighted by Gasteiger charge is -2.24. The number of likely N-dealkylation sites (tertiary alicyclic amines) is 1.